The predicted octanol–water partition coefficient (Wildman–Crippen LogP) is 27.3. The van der Waals surface area contributed by atoms with Gasteiger partial charge in [0.2, 0.25) is 0 Å². The Morgan fingerprint density at radius 1 is 0.218 bits per heavy atom. The monoisotopic (exact) mass is 1300 g/mol. The molecule has 0 fully saturated rings. The Hall–Kier alpha value is -11.8. The van der Waals surface area contributed by atoms with E-state index in [4.69, 9.17) is 0 Å². The summed E-state index contributed by atoms with van der Waals surface area (Å²) < 4.78 is 0. The van der Waals surface area contributed by atoms with Crippen LogP contribution in [0.25, 0.3) is 102 Å². The molecule has 0 bridgehead atoms. The predicted molar refractivity (Wildman–Crippen MR) is 430 cm³/mol. The Balaban J connectivity index is 0.617. The summed E-state index contributed by atoms with van der Waals surface area (Å²) >= 11 is 0. The maximum atomic E-state index is 2.48. The number of hydrogen-bond donors (Lipinski definition) is 0. The molecule has 2 nitrogen and oxygen atoms in total. The summed E-state index contributed by atoms with van der Waals surface area (Å²) in [5.41, 5.74) is 36.9. The fourth-order valence-corrected chi connectivity index (χ4v) is 16.7. The van der Waals surface area contributed by atoms with E-state index in [1.54, 1.807) is 0 Å². The third-order valence-electron chi connectivity index (χ3n) is 22.4. The molecule has 0 radical (unpaired) electrons. The van der Waals surface area contributed by atoms with Crippen molar-refractivity contribution in [2.45, 2.75) is 70.6 Å². The van der Waals surface area contributed by atoms with Crippen molar-refractivity contribution in [2.24, 2.45) is 0 Å². The zero-order chi connectivity index (χ0) is 68.4. The molecule has 0 saturated carbocycles. The van der Waals surface area contributed by atoms with Gasteiger partial charge in [0.1, 0.15) is 0 Å². The summed E-state index contributed by atoms with van der Waals surface area (Å²) in [5, 5.41) is 0. The van der Waals surface area contributed by atoms with Crippen LogP contribution >= 0.6 is 0 Å². The van der Waals surface area contributed by atoms with Gasteiger partial charge in [-0.15, -0.1) is 0 Å². The normalized spacial score (nSPS) is 13.9. The lowest BCUT2D eigenvalue weighted by Gasteiger charge is -2.30. The maximum Gasteiger partial charge on any atom is 0.0465 e. The minimum Gasteiger partial charge on any atom is -0.310 e. The van der Waals surface area contributed by atoms with Crippen LogP contribution in [-0.2, 0) is 16.2 Å². The summed E-state index contributed by atoms with van der Waals surface area (Å²) in [6.07, 6.45) is 11.3. The van der Waals surface area contributed by atoms with Gasteiger partial charge in [0.05, 0.1) is 0 Å². The summed E-state index contributed by atoms with van der Waals surface area (Å²) in [4.78, 5) is 4.82. The van der Waals surface area contributed by atoms with E-state index in [0.717, 1.165) is 47.0 Å². The van der Waals surface area contributed by atoms with E-state index < -0.39 is 0 Å². The second-order valence-electron chi connectivity index (χ2n) is 28.7. The van der Waals surface area contributed by atoms with Crippen LogP contribution in [0.2, 0.25) is 0 Å². The average Bonchev–Trinajstić information content (AvgIpc) is 1.89. The van der Waals surface area contributed by atoms with Gasteiger partial charge >= 0.3 is 0 Å². The number of anilines is 6. The van der Waals surface area contributed by atoms with Crippen molar-refractivity contribution < 1.29 is 0 Å². The van der Waals surface area contributed by atoms with Gasteiger partial charge in [-0.25, -0.2) is 0 Å². The van der Waals surface area contributed by atoms with E-state index >= 15 is 0 Å². The molecule has 101 heavy (non-hydrogen) atoms. The molecular weight excluding hydrogens is 1220 g/mol. The van der Waals surface area contributed by atoms with Crippen LogP contribution < -0.4 is 9.80 Å². The maximum absolute atomic E-state index is 2.48. The van der Waals surface area contributed by atoms with Gasteiger partial charge in [-0.3, -0.25) is 0 Å². The average molecular weight is 1300 g/mol. The fourth-order valence-electron chi connectivity index (χ4n) is 16.7. The molecule has 3 aliphatic carbocycles. The number of fused-ring (bicyclic) bond motifs is 9. The van der Waals surface area contributed by atoms with Crippen molar-refractivity contribution in [2.75, 3.05) is 9.80 Å². The van der Waals surface area contributed by atoms with Crippen LogP contribution in [0.4, 0.5) is 34.1 Å². The zero-order valence-electron chi connectivity index (χ0n) is 58.3. The second-order valence-corrected chi connectivity index (χ2v) is 28.7. The van der Waals surface area contributed by atoms with Crippen LogP contribution in [0.15, 0.2) is 328 Å². The van der Waals surface area contributed by atoms with Crippen molar-refractivity contribution in [3.8, 4) is 77.9 Å². The van der Waals surface area contributed by atoms with Crippen molar-refractivity contribution in [1.82, 2.24) is 0 Å². The first kappa shape index (κ1) is 62.7. The lowest BCUT2D eigenvalue weighted by molar-refractivity contribution is 0.490. The molecule has 0 aliphatic heterocycles. The molecule has 14 aromatic rings. The highest BCUT2D eigenvalue weighted by Crippen LogP contribution is 2.56. The molecule has 0 N–H and O–H groups in total. The second kappa shape index (κ2) is 25.5. The summed E-state index contributed by atoms with van der Waals surface area (Å²) in [6, 6.07) is 121. The molecule has 0 heterocycles. The molecule has 17 rings (SSSR count). The highest BCUT2D eigenvalue weighted by atomic mass is 15.1. The van der Waals surface area contributed by atoms with Crippen LogP contribution in [0.5, 0.6) is 0 Å². The molecular formula is C99H80N2. The van der Waals surface area contributed by atoms with E-state index in [0.29, 0.717) is 0 Å². The van der Waals surface area contributed by atoms with Crippen molar-refractivity contribution in [3.63, 3.8) is 0 Å². The molecule has 0 aromatic heterocycles. The Morgan fingerprint density at radius 2 is 0.426 bits per heavy atom. The van der Waals surface area contributed by atoms with Crippen molar-refractivity contribution in [1.29, 1.82) is 0 Å². The Morgan fingerprint density at radius 3 is 0.683 bits per heavy atom. The smallest absolute Gasteiger partial charge is 0.0465 e. The van der Waals surface area contributed by atoms with Crippen molar-refractivity contribution >= 4 is 58.4 Å². The van der Waals surface area contributed by atoms with E-state index in [1.165, 1.54) is 134 Å². The zero-order valence-corrected chi connectivity index (χ0v) is 58.3. The van der Waals surface area contributed by atoms with E-state index in [2.05, 4.69) is 403 Å². The van der Waals surface area contributed by atoms with E-state index in [9.17, 15) is 0 Å². The molecule has 0 amide bonds. The first-order valence-electron chi connectivity index (χ1n) is 35.9. The van der Waals surface area contributed by atoms with Crippen LogP contribution in [0.3, 0.4) is 0 Å². The van der Waals surface area contributed by atoms with Gasteiger partial charge < -0.3 is 9.80 Å². The number of benzene rings is 14. The Labute approximate surface area is 596 Å². The standard InChI is InChI=1S/C99H80N2/c1-7-99(8-2)95-63-69(31-29-67-33-55-85-87-59-53-83(65-93(87)97(3,4)91(85)61-67)100(79-45-37-75(38-46-79)71-21-13-9-14-22-71)80-47-39-76(40-48-80)72-23-15-10-16-24-72)35-57-89(95)90-58-36-70(64-96(90)99)32-30-68-34-56-86-88-60-54-84(66-94(88)98(5,6)92(86)62-68)101(81-49-41-77(42-50-81)73-25-17-11-18-26-73)82-51-43-78(44-52-82)74-27-19-12-20-28-74/h9-66H,7-8H2,1-6H3. The first-order valence-corrected chi connectivity index (χ1v) is 35.9. The highest BCUT2D eigenvalue weighted by Gasteiger charge is 2.42. The molecule has 0 unspecified atom stereocenters. The minimum absolute atomic E-state index is 0.0948. The van der Waals surface area contributed by atoms with Gasteiger partial charge in [0.25, 0.3) is 0 Å². The summed E-state index contributed by atoms with van der Waals surface area (Å²) in [6.45, 7) is 14.3. The van der Waals surface area contributed by atoms with Gasteiger partial charge in [0.15, 0.2) is 0 Å². The molecule has 2 heteroatoms. The molecule has 486 valence electrons. The third-order valence-corrected chi connectivity index (χ3v) is 22.4. The van der Waals surface area contributed by atoms with Gasteiger partial charge in [-0.1, -0.05) is 321 Å². The Kier molecular flexibility index (Phi) is 15.8. The van der Waals surface area contributed by atoms with Crippen LogP contribution in [0.1, 0.15) is 110 Å². The lowest BCUT2D eigenvalue weighted by Crippen LogP contribution is -2.23. The quantitative estimate of drug-likeness (QED) is 0.0890. The molecule has 0 saturated heterocycles. The largest absolute Gasteiger partial charge is 0.310 e. The SMILES string of the molecule is CCC1(CC)c2cc(C=Cc3ccc4c(c3)C(C)(C)c3cc(N(c5ccc(-c6ccccc6)cc5)c5ccc(-c6ccccc6)cc5)ccc3-4)ccc2-c2ccc(C=Cc3ccc4c(c3)C(C)(C)c3cc(N(c5ccc(-c6ccccc6)cc5)c5ccc(-c6ccccc6)cc5)ccc3-4)cc21. The van der Waals surface area contributed by atoms with Gasteiger partial charge in [0, 0.05) is 50.4 Å². The molecule has 14 aromatic carbocycles. The lowest BCUT2D eigenvalue weighted by atomic mass is 9.73. The summed E-state index contributed by atoms with van der Waals surface area (Å²) in [7, 11) is 0. The third kappa shape index (κ3) is 11.2. The minimum atomic E-state index is -0.226. The van der Waals surface area contributed by atoms with Gasteiger partial charge in [-0.2, -0.15) is 0 Å². The van der Waals surface area contributed by atoms with E-state index in [-0.39, 0.29) is 16.2 Å². The van der Waals surface area contributed by atoms with Gasteiger partial charge in [-0.05, 0) is 219 Å². The van der Waals surface area contributed by atoms with Crippen molar-refractivity contribution in [3.05, 3.63) is 383 Å². The Bertz CT molecular complexity index is 4980. The van der Waals surface area contributed by atoms with Crippen LogP contribution in [-0.4, -0.2) is 0 Å². The molecule has 0 spiro atoms. The number of hydrogen-bond acceptors (Lipinski definition) is 2. The number of nitrogens with zero attached hydrogens (tertiary/aromatic N) is 2. The van der Waals surface area contributed by atoms with Crippen LogP contribution in [0, 0.1) is 0 Å². The number of rotatable bonds is 16. The summed E-state index contributed by atoms with van der Waals surface area (Å²) in [5.74, 6) is 0. The fraction of sp³-hybridized carbons (Fsp3) is 0.111. The topological polar surface area (TPSA) is 6.48 Å². The molecule has 0 atom stereocenters. The molecule has 3 aliphatic rings. The highest BCUT2D eigenvalue weighted by molar-refractivity contribution is 5.91. The van der Waals surface area contributed by atoms with E-state index in [1.807, 2.05) is 0 Å². The first-order chi connectivity index (χ1) is 49.4.